The first kappa shape index (κ1) is 15.5. The van der Waals surface area contributed by atoms with Crippen LogP contribution in [0.1, 0.15) is 47.4 Å². The average molecular weight is 316 g/mol. The van der Waals surface area contributed by atoms with Crippen molar-refractivity contribution in [2.75, 3.05) is 0 Å². The Hall–Kier alpha value is -2.44. The Labute approximate surface area is 133 Å². The molecule has 2 heterocycles. The number of carbonyl (C=O) groups is 2. The van der Waals surface area contributed by atoms with Gasteiger partial charge in [0.15, 0.2) is 5.65 Å². The predicted molar refractivity (Wildman–Crippen MR) is 83.3 cm³/mol. The number of fused-ring (bicyclic) bond motifs is 1. The minimum absolute atomic E-state index is 0.0129. The highest BCUT2D eigenvalue weighted by Gasteiger charge is 2.27. The van der Waals surface area contributed by atoms with Gasteiger partial charge in [-0.15, -0.1) is 0 Å². The molecule has 7 nitrogen and oxygen atoms in total. The van der Waals surface area contributed by atoms with Gasteiger partial charge in [-0.05, 0) is 45.6 Å². The molecule has 0 bridgehead atoms. The molecule has 0 aromatic carbocycles. The first-order valence-corrected chi connectivity index (χ1v) is 7.81. The number of nitrogens with zero attached hydrogens (tertiary/aromatic N) is 3. The lowest BCUT2D eigenvalue weighted by Crippen LogP contribution is -2.38. The topological polar surface area (TPSA) is 96.6 Å². The fourth-order valence-corrected chi connectivity index (χ4v) is 3.18. The quantitative estimate of drug-likeness (QED) is 0.898. The molecule has 3 rings (SSSR count). The Morgan fingerprint density at radius 3 is 2.61 bits per heavy atom. The van der Waals surface area contributed by atoms with Crippen LogP contribution in [-0.4, -0.2) is 37.6 Å². The summed E-state index contributed by atoms with van der Waals surface area (Å²) in [7, 11) is 0. The standard InChI is InChI=1S/C16H20N4O3/c1-9-7-10(2)20-14(18-9)13(8-17-20)15(21)19-12-5-3-11(4-6-12)16(22)23/h7-8,11-12H,3-6H2,1-2H3,(H,19,21)(H,22,23)/t11-,12-. The van der Waals surface area contributed by atoms with Crippen molar-refractivity contribution in [3.8, 4) is 0 Å². The van der Waals surface area contributed by atoms with Gasteiger partial charge in [0, 0.05) is 17.4 Å². The van der Waals surface area contributed by atoms with Crippen molar-refractivity contribution in [1.29, 1.82) is 0 Å². The number of aliphatic carboxylic acids is 1. The van der Waals surface area contributed by atoms with Crippen LogP contribution < -0.4 is 5.32 Å². The normalized spacial score (nSPS) is 21.3. The van der Waals surface area contributed by atoms with Crippen molar-refractivity contribution >= 4 is 17.5 Å². The summed E-state index contributed by atoms with van der Waals surface area (Å²) in [6, 6.07) is 1.92. The SMILES string of the molecule is Cc1cc(C)n2ncc(C(=O)N[C@H]3CC[C@H](C(=O)O)CC3)c2n1. The summed E-state index contributed by atoms with van der Waals surface area (Å²) >= 11 is 0. The molecule has 2 aromatic rings. The Kier molecular flexibility index (Phi) is 4.02. The number of carbonyl (C=O) groups excluding carboxylic acids is 1. The molecule has 0 unspecified atom stereocenters. The van der Waals surface area contributed by atoms with E-state index in [0.29, 0.717) is 36.9 Å². The van der Waals surface area contributed by atoms with E-state index in [2.05, 4.69) is 15.4 Å². The zero-order valence-corrected chi connectivity index (χ0v) is 13.2. The van der Waals surface area contributed by atoms with Crippen molar-refractivity contribution in [2.45, 2.75) is 45.6 Å². The number of amides is 1. The van der Waals surface area contributed by atoms with Gasteiger partial charge >= 0.3 is 5.97 Å². The molecule has 1 saturated carbocycles. The van der Waals surface area contributed by atoms with Gasteiger partial charge in [0.1, 0.15) is 5.56 Å². The summed E-state index contributed by atoms with van der Waals surface area (Å²) in [4.78, 5) is 27.9. The van der Waals surface area contributed by atoms with Crippen molar-refractivity contribution in [1.82, 2.24) is 19.9 Å². The molecule has 0 saturated heterocycles. The highest BCUT2D eigenvalue weighted by Crippen LogP contribution is 2.24. The predicted octanol–water partition coefficient (Wildman–Crippen LogP) is 1.72. The third kappa shape index (κ3) is 3.04. The maximum atomic E-state index is 12.5. The van der Waals surface area contributed by atoms with Gasteiger partial charge in [-0.2, -0.15) is 5.10 Å². The van der Waals surface area contributed by atoms with Gasteiger partial charge in [0.05, 0.1) is 12.1 Å². The van der Waals surface area contributed by atoms with E-state index in [1.165, 1.54) is 6.20 Å². The van der Waals surface area contributed by atoms with Crippen LogP contribution in [0.4, 0.5) is 0 Å². The zero-order valence-electron chi connectivity index (χ0n) is 13.2. The number of aryl methyl sites for hydroxylation is 2. The summed E-state index contributed by atoms with van der Waals surface area (Å²) in [6.45, 7) is 3.80. The number of hydrogen-bond donors (Lipinski definition) is 2. The van der Waals surface area contributed by atoms with Crippen molar-refractivity contribution in [3.05, 3.63) is 29.2 Å². The van der Waals surface area contributed by atoms with Crippen LogP contribution >= 0.6 is 0 Å². The number of hydrogen-bond acceptors (Lipinski definition) is 4. The van der Waals surface area contributed by atoms with E-state index >= 15 is 0 Å². The summed E-state index contributed by atoms with van der Waals surface area (Å²) in [6.07, 6.45) is 4.12. The van der Waals surface area contributed by atoms with Crippen LogP contribution in [-0.2, 0) is 4.79 Å². The summed E-state index contributed by atoms with van der Waals surface area (Å²) < 4.78 is 1.66. The highest BCUT2D eigenvalue weighted by molar-refractivity contribution is 5.99. The molecule has 122 valence electrons. The Morgan fingerprint density at radius 2 is 1.96 bits per heavy atom. The monoisotopic (exact) mass is 316 g/mol. The van der Waals surface area contributed by atoms with Gasteiger partial charge < -0.3 is 10.4 Å². The van der Waals surface area contributed by atoms with E-state index in [-0.39, 0.29) is 17.9 Å². The van der Waals surface area contributed by atoms with Gasteiger partial charge in [-0.1, -0.05) is 0 Å². The molecular weight excluding hydrogens is 296 g/mol. The van der Waals surface area contributed by atoms with Crippen LogP contribution in [0.3, 0.4) is 0 Å². The number of aromatic nitrogens is 3. The molecule has 23 heavy (non-hydrogen) atoms. The molecule has 0 radical (unpaired) electrons. The maximum Gasteiger partial charge on any atom is 0.306 e. The van der Waals surface area contributed by atoms with Crippen LogP contribution in [0.25, 0.3) is 5.65 Å². The average Bonchev–Trinajstić information content (AvgIpc) is 2.91. The third-order valence-electron chi connectivity index (χ3n) is 4.43. The minimum atomic E-state index is -0.743. The third-order valence-corrected chi connectivity index (χ3v) is 4.43. The fourth-order valence-electron chi connectivity index (χ4n) is 3.18. The molecular formula is C16H20N4O3. The van der Waals surface area contributed by atoms with Crippen LogP contribution in [0.2, 0.25) is 0 Å². The Morgan fingerprint density at radius 1 is 1.26 bits per heavy atom. The molecule has 2 aromatic heterocycles. The Balaban J connectivity index is 1.73. The Bertz CT molecular complexity index is 760. The molecule has 7 heteroatoms. The molecule has 1 fully saturated rings. The minimum Gasteiger partial charge on any atom is -0.481 e. The molecule has 0 aliphatic heterocycles. The lowest BCUT2D eigenvalue weighted by atomic mass is 9.86. The zero-order chi connectivity index (χ0) is 16.6. The number of nitrogens with one attached hydrogen (secondary N) is 1. The maximum absolute atomic E-state index is 12.5. The van der Waals surface area contributed by atoms with Crippen LogP contribution in [0, 0.1) is 19.8 Å². The number of carboxylic acids is 1. The highest BCUT2D eigenvalue weighted by atomic mass is 16.4. The van der Waals surface area contributed by atoms with E-state index < -0.39 is 5.97 Å². The van der Waals surface area contributed by atoms with E-state index in [0.717, 1.165) is 11.4 Å². The number of rotatable bonds is 3. The largest absolute Gasteiger partial charge is 0.481 e. The first-order chi connectivity index (χ1) is 11.0. The lowest BCUT2D eigenvalue weighted by Gasteiger charge is -2.26. The smallest absolute Gasteiger partial charge is 0.306 e. The summed E-state index contributed by atoms with van der Waals surface area (Å²) in [5.41, 5.74) is 2.77. The van der Waals surface area contributed by atoms with Crippen molar-refractivity contribution in [2.24, 2.45) is 5.92 Å². The lowest BCUT2D eigenvalue weighted by molar-refractivity contribution is -0.142. The van der Waals surface area contributed by atoms with Gasteiger partial charge in [-0.25, -0.2) is 9.50 Å². The van der Waals surface area contributed by atoms with Gasteiger partial charge in [-0.3, -0.25) is 9.59 Å². The van der Waals surface area contributed by atoms with E-state index in [4.69, 9.17) is 5.11 Å². The second-order valence-electron chi connectivity index (χ2n) is 6.19. The van der Waals surface area contributed by atoms with E-state index in [9.17, 15) is 9.59 Å². The van der Waals surface area contributed by atoms with Crippen molar-refractivity contribution < 1.29 is 14.7 Å². The van der Waals surface area contributed by atoms with E-state index in [1.807, 2.05) is 19.9 Å². The molecule has 0 spiro atoms. The molecule has 0 atom stereocenters. The second-order valence-corrected chi connectivity index (χ2v) is 6.19. The summed E-state index contributed by atoms with van der Waals surface area (Å²) in [5.74, 6) is -1.23. The number of carboxylic acid groups (broad SMARTS) is 1. The van der Waals surface area contributed by atoms with Gasteiger partial charge in [0.25, 0.3) is 5.91 Å². The van der Waals surface area contributed by atoms with E-state index in [1.54, 1.807) is 4.52 Å². The fraction of sp³-hybridized carbons (Fsp3) is 0.500. The summed E-state index contributed by atoms with van der Waals surface area (Å²) in [5, 5.41) is 16.2. The first-order valence-electron chi connectivity index (χ1n) is 7.81. The molecule has 1 amide bonds. The molecule has 2 N–H and O–H groups in total. The molecule has 1 aliphatic rings. The van der Waals surface area contributed by atoms with Crippen LogP contribution in [0.15, 0.2) is 12.3 Å². The molecule has 1 aliphatic carbocycles. The second kappa shape index (κ2) is 5.98. The van der Waals surface area contributed by atoms with Crippen LogP contribution in [0.5, 0.6) is 0 Å². The van der Waals surface area contributed by atoms with Gasteiger partial charge in [0.2, 0.25) is 0 Å². The van der Waals surface area contributed by atoms with Crippen molar-refractivity contribution in [3.63, 3.8) is 0 Å².